The van der Waals surface area contributed by atoms with E-state index in [4.69, 9.17) is 11.6 Å². The van der Waals surface area contributed by atoms with Gasteiger partial charge in [-0.2, -0.15) is 0 Å². The average Bonchev–Trinajstić information content (AvgIpc) is 2.32. The van der Waals surface area contributed by atoms with Crippen LogP contribution in [0.1, 0.15) is 24.8 Å². The van der Waals surface area contributed by atoms with E-state index in [-0.39, 0.29) is 0 Å². The molecule has 0 radical (unpaired) electrons. The molecule has 2 heterocycles. The summed E-state index contributed by atoms with van der Waals surface area (Å²) in [5.41, 5.74) is 2.07. The Labute approximate surface area is 102 Å². The van der Waals surface area contributed by atoms with Crippen LogP contribution in [0, 0.1) is 6.92 Å². The number of halogens is 1. The monoisotopic (exact) mass is 239 g/mol. The number of nitrogens with one attached hydrogen (secondary N) is 2. The number of pyridine rings is 1. The highest BCUT2D eigenvalue weighted by Gasteiger charge is 2.11. The van der Waals surface area contributed by atoms with E-state index in [0.717, 1.165) is 24.3 Å². The molecule has 2 N–H and O–H groups in total. The fourth-order valence-electron chi connectivity index (χ4n) is 1.99. The lowest BCUT2D eigenvalue weighted by Gasteiger charge is -2.24. The van der Waals surface area contributed by atoms with E-state index in [1.165, 1.54) is 19.3 Å². The van der Waals surface area contributed by atoms with Crippen LogP contribution in [0.4, 0.5) is 5.69 Å². The number of anilines is 1. The third-order valence-electron chi connectivity index (χ3n) is 2.98. The van der Waals surface area contributed by atoms with E-state index in [1.807, 2.05) is 13.0 Å². The predicted molar refractivity (Wildman–Crippen MR) is 68.1 cm³/mol. The van der Waals surface area contributed by atoms with Crippen molar-refractivity contribution >= 4 is 17.3 Å². The Kier molecular flexibility index (Phi) is 4.02. The fraction of sp³-hybridized carbons (Fsp3) is 0.583. The van der Waals surface area contributed by atoms with Crippen LogP contribution in [-0.2, 0) is 0 Å². The maximum Gasteiger partial charge on any atom is 0.132 e. The number of rotatable bonds is 3. The Balaban J connectivity index is 1.86. The first-order valence-corrected chi connectivity index (χ1v) is 6.23. The molecule has 0 amide bonds. The lowest BCUT2D eigenvalue weighted by molar-refractivity contribution is 0.414. The molecule has 0 aromatic carbocycles. The van der Waals surface area contributed by atoms with Crippen LogP contribution >= 0.6 is 11.6 Å². The molecule has 1 unspecified atom stereocenters. The van der Waals surface area contributed by atoms with E-state index in [2.05, 4.69) is 15.6 Å². The summed E-state index contributed by atoms with van der Waals surface area (Å²) in [6.07, 6.45) is 5.68. The Morgan fingerprint density at radius 2 is 2.44 bits per heavy atom. The van der Waals surface area contributed by atoms with Crippen LogP contribution < -0.4 is 10.6 Å². The van der Waals surface area contributed by atoms with Crippen LogP contribution in [0.3, 0.4) is 0 Å². The van der Waals surface area contributed by atoms with Gasteiger partial charge in [0.25, 0.3) is 0 Å². The SMILES string of the molecule is Cc1cc(NCC2CCCCN2)cnc1Cl. The highest BCUT2D eigenvalue weighted by Crippen LogP contribution is 2.16. The summed E-state index contributed by atoms with van der Waals surface area (Å²) < 4.78 is 0. The standard InChI is InChI=1S/C12H18ClN3/c1-9-6-11(8-16-12(9)13)15-7-10-4-2-3-5-14-10/h6,8,10,14-15H,2-5,7H2,1H3. The van der Waals surface area contributed by atoms with Crippen molar-refractivity contribution in [2.45, 2.75) is 32.2 Å². The first-order valence-electron chi connectivity index (χ1n) is 5.85. The van der Waals surface area contributed by atoms with E-state index in [0.29, 0.717) is 11.2 Å². The van der Waals surface area contributed by atoms with Crippen molar-refractivity contribution in [2.75, 3.05) is 18.4 Å². The maximum absolute atomic E-state index is 5.88. The van der Waals surface area contributed by atoms with Crippen LogP contribution in [0.5, 0.6) is 0 Å². The van der Waals surface area contributed by atoms with Gasteiger partial charge >= 0.3 is 0 Å². The minimum atomic E-state index is 0.585. The maximum atomic E-state index is 5.88. The molecule has 0 bridgehead atoms. The summed E-state index contributed by atoms with van der Waals surface area (Å²) >= 11 is 5.88. The number of hydrogen-bond donors (Lipinski definition) is 2. The molecular formula is C12H18ClN3. The topological polar surface area (TPSA) is 37.0 Å². The zero-order chi connectivity index (χ0) is 11.4. The summed E-state index contributed by atoms with van der Waals surface area (Å²) in [5, 5.41) is 7.49. The quantitative estimate of drug-likeness (QED) is 0.797. The fourth-order valence-corrected chi connectivity index (χ4v) is 2.10. The first-order chi connectivity index (χ1) is 7.75. The average molecular weight is 240 g/mol. The molecule has 1 aliphatic rings. The highest BCUT2D eigenvalue weighted by molar-refractivity contribution is 6.30. The largest absolute Gasteiger partial charge is 0.382 e. The van der Waals surface area contributed by atoms with Gasteiger partial charge in [-0.15, -0.1) is 0 Å². The first kappa shape index (κ1) is 11.7. The summed E-state index contributed by atoms with van der Waals surface area (Å²) in [5.74, 6) is 0. The zero-order valence-electron chi connectivity index (χ0n) is 9.59. The Hall–Kier alpha value is -0.800. The van der Waals surface area contributed by atoms with Gasteiger partial charge in [-0.1, -0.05) is 18.0 Å². The van der Waals surface area contributed by atoms with Crippen LogP contribution in [-0.4, -0.2) is 24.1 Å². The van der Waals surface area contributed by atoms with Crippen molar-refractivity contribution in [3.8, 4) is 0 Å². The second kappa shape index (κ2) is 5.51. The molecule has 1 saturated heterocycles. The molecule has 1 aliphatic heterocycles. The van der Waals surface area contributed by atoms with Crippen molar-refractivity contribution in [3.63, 3.8) is 0 Å². The molecule has 1 fully saturated rings. The van der Waals surface area contributed by atoms with Crippen LogP contribution in [0.2, 0.25) is 5.15 Å². The van der Waals surface area contributed by atoms with Gasteiger partial charge in [-0.25, -0.2) is 4.98 Å². The van der Waals surface area contributed by atoms with E-state index in [1.54, 1.807) is 6.20 Å². The van der Waals surface area contributed by atoms with E-state index < -0.39 is 0 Å². The van der Waals surface area contributed by atoms with Gasteiger partial charge in [0, 0.05) is 12.6 Å². The Morgan fingerprint density at radius 1 is 1.56 bits per heavy atom. The molecule has 1 atom stereocenters. The molecular weight excluding hydrogens is 222 g/mol. The number of hydrogen-bond acceptors (Lipinski definition) is 3. The molecule has 4 heteroatoms. The van der Waals surface area contributed by atoms with Crippen LogP contribution in [0.15, 0.2) is 12.3 Å². The molecule has 0 aliphatic carbocycles. The summed E-state index contributed by atoms with van der Waals surface area (Å²) in [4.78, 5) is 4.12. The molecule has 1 aromatic heterocycles. The molecule has 0 saturated carbocycles. The molecule has 0 spiro atoms. The van der Waals surface area contributed by atoms with Gasteiger partial charge < -0.3 is 10.6 Å². The molecule has 16 heavy (non-hydrogen) atoms. The molecule has 3 nitrogen and oxygen atoms in total. The third kappa shape index (κ3) is 3.09. The lowest BCUT2D eigenvalue weighted by Crippen LogP contribution is -2.39. The van der Waals surface area contributed by atoms with Crippen molar-refractivity contribution in [1.29, 1.82) is 0 Å². The molecule has 88 valence electrons. The zero-order valence-corrected chi connectivity index (χ0v) is 10.3. The Morgan fingerprint density at radius 3 is 3.12 bits per heavy atom. The van der Waals surface area contributed by atoms with Gasteiger partial charge in [0.15, 0.2) is 0 Å². The summed E-state index contributed by atoms with van der Waals surface area (Å²) in [6.45, 7) is 4.08. The smallest absolute Gasteiger partial charge is 0.132 e. The van der Waals surface area contributed by atoms with Gasteiger partial charge in [-0.05, 0) is 37.9 Å². The normalized spacial score (nSPS) is 20.8. The minimum absolute atomic E-state index is 0.585. The number of aryl methyl sites for hydroxylation is 1. The summed E-state index contributed by atoms with van der Waals surface area (Å²) in [6, 6.07) is 2.63. The molecule has 2 rings (SSSR count). The van der Waals surface area contributed by atoms with E-state index in [9.17, 15) is 0 Å². The summed E-state index contributed by atoms with van der Waals surface area (Å²) in [7, 11) is 0. The number of aromatic nitrogens is 1. The molecule has 1 aromatic rings. The second-order valence-corrected chi connectivity index (χ2v) is 4.72. The second-order valence-electron chi connectivity index (χ2n) is 4.36. The number of piperidine rings is 1. The van der Waals surface area contributed by atoms with Gasteiger partial charge in [0.05, 0.1) is 11.9 Å². The Bertz CT molecular complexity index is 348. The van der Waals surface area contributed by atoms with Crippen molar-refractivity contribution in [2.24, 2.45) is 0 Å². The third-order valence-corrected chi connectivity index (χ3v) is 3.38. The van der Waals surface area contributed by atoms with E-state index >= 15 is 0 Å². The van der Waals surface area contributed by atoms with Crippen molar-refractivity contribution in [3.05, 3.63) is 23.0 Å². The van der Waals surface area contributed by atoms with Crippen molar-refractivity contribution < 1.29 is 0 Å². The van der Waals surface area contributed by atoms with Gasteiger partial charge in [0.2, 0.25) is 0 Å². The van der Waals surface area contributed by atoms with Gasteiger partial charge in [-0.3, -0.25) is 0 Å². The van der Waals surface area contributed by atoms with Crippen LogP contribution in [0.25, 0.3) is 0 Å². The number of nitrogens with zero attached hydrogens (tertiary/aromatic N) is 1. The predicted octanol–water partition coefficient (Wildman–Crippen LogP) is 2.60. The lowest BCUT2D eigenvalue weighted by atomic mass is 10.1. The minimum Gasteiger partial charge on any atom is -0.382 e. The highest BCUT2D eigenvalue weighted by atomic mass is 35.5. The van der Waals surface area contributed by atoms with Gasteiger partial charge in [0.1, 0.15) is 5.15 Å². The van der Waals surface area contributed by atoms with Crippen molar-refractivity contribution in [1.82, 2.24) is 10.3 Å².